The van der Waals surface area contributed by atoms with Gasteiger partial charge in [-0.05, 0) is 12.8 Å². The smallest absolute Gasteiger partial charge is 0.222 e. The molecule has 0 aromatic carbocycles. The summed E-state index contributed by atoms with van der Waals surface area (Å²) in [5.41, 5.74) is 0. The van der Waals surface area contributed by atoms with Crippen LogP contribution in [0.4, 0.5) is 10.3 Å². The summed E-state index contributed by atoms with van der Waals surface area (Å²) in [6.07, 6.45) is 6.88. The third-order valence-corrected chi connectivity index (χ3v) is 7.24. The molecule has 2 saturated heterocycles. The Morgan fingerprint density at radius 2 is 1.09 bits per heavy atom. The number of rotatable bonds is 6. The molecule has 10 heteroatoms. The summed E-state index contributed by atoms with van der Waals surface area (Å²) in [4.78, 5) is 40.4. The molecule has 0 radical (unpaired) electrons. The molecular weight excluding hydrogens is 444 g/mol. The van der Waals surface area contributed by atoms with Gasteiger partial charge in [0, 0.05) is 88.4 Å². The van der Waals surface area contributed by atoms with Crippen molar-refractivity contribution < 1.29 is 9.59 Å². The summed E-state index contributed by atoms with van der Waals surface area (Å²) < 4.78 is 0. The summed E-state index contributed by atoms with van der Waals surface area (Å²) in [6, 6.07) is 0. The average Bonchev–Trinajstić information content (AvgIpc) is 3.55. The zero-order valence-electron chi connectivity index (χ0n) is 19.1. The molecule has 32 heavy (non-hydrogen) atoms. The summed E-state index contributed by atoms with van der Waals surface area (Å²) >= 11 is 3.32. The molecule has 2 fully saturated rings. The van der Waals surface area contributed by atoms with Crippen LogP contribution in [0.2, 0.25) is 0 Å². The van der Waals surface area contributed by atoms with E-state index in [2.05, 4.69) is 19.8 Å². The fourth-order valence-corrected chi connectivity index (χ4v) is 5.18. The van der Waals surface area contributed by atoms with Gasteiger partial charge in [0.05, 0.1) is 0 Å². The van der Waals surface area contributed by atoms with Crippen molar-refractivity contribution in [2.45, 2.75) is 39.5 Å². The van der Waals surface area contributed by atoms with Gasteiger partial charge in [-0.3, -0.25) is 9.59 Å². The van der Waals surface area contributed by atoms with Gasteiger partial charge in [-0.25, -0.2) is 9.97 Å². The minimum Gasteiger partial charge on any atom is -0.345 e. The molecule has 2 amide bonds. The molecule has 2 aliphatic heterocycles. The second-order valence-corrected chi connectivity index (χ2v) is 9.61. The van der Waals surface area contributed by atoms with Crippen LogP contribution in [0.3, 0.4) is 0 Å². The van der Waals surface area contributed by atoms with Crippen LogP contribution < -0.4 is 9.80 Å². The molecule has 0 unspecified atom stereocenters. The molecule has 2 aliphatic rings. The first-order chi connectivity index (χ1) is 15.6. The predicted octanol–water partition coefficient (Wildman–Crippen LogP) is 3.18. The normalized spacial score (nSPS) is 16.6. The lowest BCUT2D eigenvalue weighted by atomic mass is 10.2. The maximum absolute atomic E-state index is 11.7. The number of carbonyl (C=O) groups excluding carboxylic acids is 2. The Hall–Kier alpha value is -2.20. The van der Waals surface area contributed by atoms with Gasteiger partial charge in [0.25, 0.3) is 0 Å². The highest BCUT2D eigenvalue weighted by Crippen LogP contribution is 2.20. The number of aromatic nitrogens is 2. The molecule has 8 nitrogen and oxygen atoms in total. The van der Waals surface area contributed by atoms with Crippen LogP contribution in [0.1, 0.15) is 39.5 Å². The van der Waals surface area contributed by atoms with Crippen LogP contribution in [0.15, 0.2) is 23.2 Å². The van der Waals surface area contributed by atoms with Crippen molar-refractivity contribution in [3.8, 4) is 0 Å². The molecule has 0 saturated carbocycles. The van der Waals surface area contributed by atoms with E-state index in [0.29, 0.717) is 24.7 Å². The minimum atomic E-state index is 0.293. The number of amides is 2. The van der Waals surface area contributed by atoms with Crippen LogP contribution in [0.25, 0.3) is 0 Å². The van der Waals surface area contributed by atoms with Crippen molar-refractivity contribution in [2.24, 2.45) is 0 Å². The van der Waals surface area contributed by atoms with E-state index in [0.717, 1.165) is 75.5 Å². The quantitative estimate of drug-likeness (QED) is 0.635. The molecule has 0 aliphatic carbocycles. The highest BCUT2D eigenvalue weighted by atomic mass is 32.1. The van der Waals surface area contributed by atoms with Gasteiger partial charge in [0.1, 0.15) is 0 Å². The average molecular weight is 479 g/mol. The number of hydrogen-bond acceptors (Lipinski definition) is 8. The van der Waals surface area contributed by atoms with Gasteiger partial charge in [0.15, 0.2) is 10.3 Å². The van der Waals surface area contributed by atoms with Crippen LogP contribution in [0, 0.1) is 0 Å². The standard InChI is InChI=1S/2C11H17N3OS/c2*1-2-3-10(15)13-5-7-14(8-6-13)11-12-4-9-16-11/h2*4,9H,2-3,5-8H2,1H3. The van der Waals surface area contributed by atoms with E-state index in [-0.39, 0.29) is 0 Å². The number of anilines is 2. The fraction of sp³-hybridized carbons (Fsp3) is 0.636. The lowest BCUT2D eigenvalue weighted by Gasteiger charge is -2.34. The summed E-state index contributed by atoms with van der Waals surface area (Å²) in [7, 11) is 0. The third-order valence-electron chi connectivity index (χ3n) is 5.57. The van der Waals surface area contributed by atoms with E-state index in [4.69, 9.17) is 0 Å². The van der Waals surface area contributed by atoms with E-state index in [1.54, 1.807) is 22.7 Å². The largest absolute Gasteiger partial charge is 0.345 e. The first kappa shape index (κ1) is 24.4. The van der Waals surface area contributed by atoms with Gasteiger partial charge in [-0.2, -0.15) is 0 Å². The second kappa shape index (κ2) is 12.7. The van der Waals surface area contributed by atoms with Crippen molar-refractivity contribution in [3.63, 3.8) is 0 Å². The highest BCUT2D eigenvalue weighted by Gasteiger charge is 2.22. The molecule has 0 spiro atoms. The van der Waals surface area contributed by atoms with Gasteiger partial charge >= 0.3 is 0 Å². The first-order valence-corrected chi connectivity index (χ1v) is 13.2. The molecular formula is C22H34N6O2S2. The van der Waals surface area contributed by atoms with Gasteiger partial charge in [0.2, 0.25) is 11.8 Å². The number of thiazole rings is 2. The van der Waals surface area contributed by atoms with Crippen LogP contribution >= 0.6 is 22.7 Å². The topological polar surface area (TPSA) is 72.9 Å². The molecule has 4 heterocycles. The molecule has 0 atom stereocenters. The van der Waals surface area contributed by atoms with Crippen LogP contribution in [-0.2, 0) is 9.59 Å². The third kappa shape index (κ3) is 6.90. The van der Waals surface area contributed by atoms with Crippen molar-refractivity contribution in [3.05, 3.63) is 23.2 Å². The van der Waals surface area contributed by atoms with E-state index in [1.165, 1.54) is 0 Å². The number of piperazine rings is 2. The summed E-state index contributed by atoms with van der Waals surface area (Å²) in [5.74, 6) is 0.586. The van der Waals surface area contributed by atoms with Crippen LogP contribution in [0.5, 0.6) is 0 Å². The highest BCUT2D eigenvalue weighted by molar-refractivity contribution is 7.13. The maximum atomic E-state index is 11.7. The molecule has 0 bridgehead atoms. The van der Waals surface area contributed by atoms with E-state index < -0.39 is 0 Å². The van der Waals surface area contributed by atoms with Crippen molar-refractivity contribution in [2.75, 3.05) is 62.2 Å². The maximum Gasteiger partial charge on any atom is 0.222 e. The Morgan fingerprint density at radius 1 is 0.719 bits per heavy atom. The first-order valence-electron chi connectivity index (χ1n) is 11.5. The van der Waals surface area contributed by atoms with Crippen molar-refractivity contribution in [1.29, 1.82) is 0 Å². The lowest BCUT2D eigenvalue weighted by Crippen LogP contribution is -2.48. The Labute approximate surface area is 198 Å². The second-order valence-electron chi connectivity index (χ2n) is 7.87. The number of nitrogens with zero attached hydrogens (tertiary/aromatic N) is 6. The molecule has 0 N–H and O–H groups in total. The number of hydrogen-bond donors (Lipinski definition) is 0. The zero-order valence-corrected chi connectivity index (χ0v) is 20.7. The summed E-state index contributed by atoms with van der Waals surface area (Å²) in [6.45, 7) is 11.0. The zero-order chi connectivity index (χ0) is 22.8. The molecule has 2 aromatic rings. The van der Waals surface area contributed by atoms with E-state index in [1.807, 2.05) is 46.8 Å². The van der Waals surface area contributed by atoms with E-state index in [9.17, 15) is 9.59 Å². The Morgan fingerprint density at radius 3 is 1.38 bits per heavy atom. The Kier molecular flexibility index (Phi) is 9.73. The Balaban J connectivity index is 0.000000181. The van der Waals surface area contributed by atoms with Crippen molar-refractivity contribution >= 4 is 44.8 Å². The van der Waals surface area contributed by atoms with Crippen molar-refractivity contribution in [1.82, 2.24) is 19.8 Å². The Bertz CT molecular complexity index is 730. The van der Waals surface area contributed by atoms with Gasteiger partial charge in [-0.1, -0.05) is 13.8 Å². The lowest BCUT2D eigenvalue weighted by molar-refractivity contribution is -0.132. The fourth-order valence-electron chi connectivity index (χ4n) is 3.78. The number of carbonyl (C=O) groups is 2. The molecule has 2 aromatic heterocycles. The summed E-state index contributed by atoms with van der Waals surface area (Å²) in [5, 5.41) is 6.12. The van der Waals surface area contributed by atoms with Gasteiger partial charge in [-0.15, -0.1) is 22.7 Å². The van der Waals surface area contributed by atoms with Gasteiger partial charge < -0.3 is 19.6 Å². The van der Waals surface area contributed by atoms with E-state index >= 15 is 0 Å². The SMILES string of the molecule is CCCC(=O)N1CCN(c2nccs2)CC1.CCCC(=O)N1CCN(c2nccs2)CC1. The molecule has 176 valence electrons. The predicted molar refractivity (Wildman–Crippen MR) is 132 cm³/mol. The minimum absolute atomic E-state index is 0.293. The monoisotopic (exact) mass is 478 g/mol. The molecule has 4 rings (SSSR count). The van der Waals surface area contributed by atoms with Crippen LogP contribution in [-0.4, -0.2) is 83.9 Å².